The first-order valence-electron chi connectivity index (χ1n) is 10.2. The summed E-state index contributed by atoms with van der Waals surface area (Å²) in [5.41, 5.74) is 3.77. The SMILES string of the molecule is C=C1NC2=C(C(=O)CCC2)C(c2ccc(Cl)cc2)C1C(=O)OCc1ccc(OC)cc1. The van der Waals surface area contributed by atoms with E-state index in [0.717, 1.165) is 35.4 Å². The molecule has 0 radical (unpaired) electrons. The summed E-state index contributed by atoms with van der Waals surface area (Å²) in [7, 11) is 1.60. The van der Waals surface area contributed by atoms with Crippen LogP contribution in [0.5, 0.6) is 5.75 Å². The van der Waals surface area contributed by atoms with Crippen molar-refractivity contribution in [1.82, 2.24) is 5.32 Å². The van der Waals surface area contributed by atoms with E-state index in [2.05, 4.69) is 11.9 Å². The molecule has 0 saturated heterocycles. The van der Waals surface area contributed by atoms with Crippen molar-refractivity contribution in [3.8, 4) is 5.75 Å². The van der Waals surface area contributed by atoms with Crippen molar-refractivity contribution in [1.29, 1.82) is 0 Å². The summed E-state index contributed by atoms with van der Waals surface area (Å²) in [6.07, 6.45) is 2.03. The molecule has 2 aliphatic rings. The summed E-state index contributed by atoms with van der Waals surface area (Å²) in [4.78, 5) is 26.1. The molecule has 1 aliphatic heterocycles. The number of carbonyl (C=O) groups is 2. The van der Waals surface area contributed by atoms with Gasteiger partial charge in [0.2, 0.25) is 0 Å². The van der Waals surface area contributed by atoms with Crippen LogP contribution in [-0.4, -0.2) is 18.9 Å². The molecule has 0 aromatic heterocycles. The third-order valence-corrected chi connectivity index (χ3v) is 6.06. The number of hydrogen-bond donors (Lipinski definition) is 1. The molecule has 1 heterocycles. The Kier molecular flexibility index (Phi) is 6.14. The first-order valence-corrected chi connectivity index (χ1v) is 10.6. The summed E-state index contributed by atoms with van der Waals surface area (Å²) in [6, 6.07) is 14.6. The van der Waals surface area contributed by atoms with Gasteiger partial charge in [0.05, 0.1) is 7.11 Å². The molecule has 5 nitrogen and oxygen atoms in total. The molecule has 0 fully saturated rings. The Hall–Kier alpha value is -3.05. The number of halogens is 1. The van der Waals surface area contributed by atoms with Crippen molar-refractivity contribution in [2.24, 2.45) is 5.92 Å². The van der Waals surface area contributed by atoms with Gasteiger partial charge in [-0.25, -0.2) is 0 Å². The molecular formula is C25H24ClNO4. The van der Waals surface area contributed by atoms with Crippen molar-refractivity contribution in [2.75, 3.05) is 7.11 Å². The summed E-state index contributed by atoms with van der Waals surface area (Å²) in [5.74, 6) is -0.775. The maximum atomic E-state index is 13.2. The third kappa shape index (κ3) is 4.37. The molecule has 1 aliphatic carbocycles. The van der Waals surface area contributed by atoms with Gasteiger partial charge < -0.3 is 14.8 Å². The fourth-order valence-electron chi connectivity index (χ4n) is 4.27. The monoisotopic (exact) mass is 437 g/mol. The van der Waals surface area contributed by atoms with E-state index in [9.17, 15) is 9.59 Å². The van der Waals surface area contributed by atoms with Gasteiger partial charge in [0.15, 0.2) is 5.78 Å². The van der Waals surface area contributed by atoms with Gasteiger partial charge in [-0.3, -0.25) is 9.59 Å². The number of carbonyl (C=O) groups excluding carboxylic acids is 2. The zero-order valence-corrected chi connectivity index (χ0v) is 18.1. The Morgan fingerprint density at radius 1 is 1.13 bits per heavy atom. The zero-order valence-electron chi connectivity index (χ0n) is 17.3. The van der Waals surface area contributed by atoms with Gasteiger partial charge in [-0.2, -0.15) is 0 Å². The van der Waals surface area contributed by atoms with E-state index in [-0.39, 0.29) is 12.4 Å². The van der Waals surface area contributed by atoms with Gasteiger partial charge in [-0.05, 0) is 48.2 Å². The van der Waals surface area contributed by atoms with Crippen LogP contribution in [0.25, 0.3) is 0 Å². The molecule has 160 valence electrons. The zero-order chi connectivity index (χ0) is 22.0. The lowest BCUT2D eigenvalue weighted by Crippen LogP contribution is -2.41. The fourth-order valence-corrected chi connectivity index (χ4v) is 4.39. The number of allylic oxidation sites excluding steroid dienone is 2. The van der Waals surface area contributed by atoms with E-state index in [0.29, 0.717) is 22.7 Å². The number of methoxy groups -OCH3 is 1. The average molecular weight is 438 g/mol. The molecule has 4 rings (SSSR count). The van der Waals surface area contributed by atoms with Crippen molar-refractivity contribution < 1.29 is 19.1 Å². The second-order valence-electron chi connectivity index (χ2n) is 7.78. The van der Waals surface area contributed by atoms with Gasteiger partial charge in [0.1, 0.15) is 18.3 Å². The van der Waals surface area contributed by atoms with Gasteiger partial charge >= 0.3 is 5.97 Å². The quantitative estimate of drug-likeness (QED) is 0.673. The Morgan fingerprint density at radius 3 is 2.52 bits per heavy atom. The highest BCUT2D eigenvalue weighted by atomic mass is 35.5. The van der Waals surface area contributed by atoms with Crippen molar-refractivity contribution >= 4 is 23.4 Å². The van der Waals surface area contributed by atoms with Crippen LogP contribution in [-0.2, 0) is 20.9 Å². The number of Topliss-reactive ketones (excluding diaryl/α,β-unsaturated/α-hetero) is 1. The van der Waals surface area contributed by atoms with Crippen LogP contribution in [0, 0.1) is 5.92 Å². The number of nitrogens with one attached hydrogen (secondary N) is 1. The number of hydrogen-bond acceptors (Lipinski definition) is 5. The van der Waals surface area contributed by atoms with E-state index in [1.807, 2.05) is 36.4 Å². The molecule has 2 atom stereocenters. The van der Waals surface area contributed by atoms with Crippen LogP contribution >= 0.6 is 11.6 Å². The highest BCUT2D eigenvalue weighted by Crippen LogP contribution is 2.44. The Labute approximate surface area is 186 Å². The number of benzene rings is 2. The Bertz CT molecular complexity index is 1040. The van der Waals surface area contributed by atoms with Crippen LogP contribution < -0.4 is 10.1 Å². The standard InChI is InChI=1S/C25H24ClNO4/c1-15-22(25(29)31-14-16-6-12-19(30-2)13-7-16)23(17-8-10-18(26)11-9-17)24-20(27-15)4-3-5-21(24)28/h6-13,22-23,27H,1,3-5,14H2,2H3. The van der Waals surface area contributed by atoms with E-state index in [4.69, 9.17) is 21.1 Å². The van der Waals surface area contributed by atoms with Crippen molar-refractivity contribution in [3.05, 3.63) is 88.2 Å². The molecule has 2 unspecified atom stereocenters. The molecule has 31 heavy (non-hydrogen) atoms. The highest BCUT2D eigenvalue weighted by Gasteiger charge is 2.43. The maximum absolute atomic E-state index is 13.2. The smallest absolute Gasteiger partial charge is 0.316 e. The topological polar surface area (TPSA) is 64.6 Å². The largest absolute Gasteiger partial charge is 0.497 e. The van der Waals surface area contributed by atoms with Gasteiger partial charge in [-0.15, -0.1) is 0 Å². The Morgan fingerprint density at radius 2 is 1.84 bits per heavy atom. The first kappa shape index (κ1) is 21.2. The molecule has 0 bridgehead atoms. The van der Waals surface area contributed by atoms with Gasteiger partial charge in [-0.1, -0.05) is 42.4 Å². The Balaban J connectivity index is 1.64. The second-order valence-corrected chi connectivity index (χ2v) is 8.22. The van der Waals surface area contributed by atoms with Gasteiger partial charge in [0.25, 0.3) is 0 Å². The van der Waals surface area contributed by atoms with Crippen LogP contribution in [0.1, 0.15) is 36.3 Å². The van der Waals surface area contributed by atoms with E-state index in [1.165, 1.54) is 0 Å². The van der Waals surface area contributed by atoms with E-state index in [1.54, 1.807) is 19.2 Å². The normalized spacial score (nSPS) is 20.7. The van der Waals surface area contributed by atoms with Crippen LogP contribution in [0.4, 0.5) is 0 Å². The van der Waals surface area contributed by atoms with E-state index >= 15 is 0 Å². The summed E-state index contributed by atoms with van der Waals surface area (Å²) in [5, 5.41) is 3.82. The molecule has 0 saturated carbocycles. The lowest BCUT2D eigenvalue weighted by molar-refractivity contribution is -0.149. The second kappa shape index (κ2) is 8.98. The maximum Gasteiger partial charge on any atom is 0.316 e. The number of rotatable bonds is 5. The minimum atomic E-state index is -0.708. The number of esters is 1. The van der Waals surface area contributed by atoms with E-state index < -0.39 is 17.8 Å². The van der Waals surface area contributed by atoms with Crippen LogP contribution in [0.3, 0.4) is 0 Å². The lowest BCUT2D eigenvalue weighted by Gasteiger charge is -2.38. The molecule has 0 amide bonds. The van der Waals surface area contributed by atoms with Crippen molar-refractivity contribution in [2.45, 2.75) is 31.8 Å². The predicted octanol–water partition coefficient (Wildman–Crippen LogP) is 4.92. The molecule has 6 heteroatoms. The lowest BCUT2D eigenvalue weighted by atomic mass is 9.71. The predicted molar refractivity (Wildman–Crippen MR) is 119 cm³/mol. The molecule has 2 aromatic carbocycles. The minimum Gasteiger partial charge on any atom is -0.497 e. The third-order valence-electron chi connectivity index (χ3n) is 5.81. The highest BCUT2D eigenvalue weighted by molar-refractivity contribution is 6.30. The summed E-state index contributed by atoms with van der Waals surface area (Å²) >= 11 is 6.07. The fraction of sp³-hybridized carbons (Fsp3) is 0.280. The summed E-state index contributed by atoms with van der Waals surface area (Å²) < 4.78 is 10.8. The molecule has 0 spiro atoms. The first-order chi connectivity index (χ1) is 15.0. The summed E-state index contributed by atoms with van der Waals surface area (Å²) in [6.45, 7) is 4.23. The van der Waals surface area contributed by atoms with Crippen LogP contribution in [0.2, 0.25) is 5.02 Å². The van der Waals surface area contributed by atoms with Crippen LogP contribution in [0.15, 0.2) is 72.1 Å². The number of ether oxygens (including phenoxy) is 2. The van der Waals surface area contributed by atoms with Gasteiger partial charge in [0, 0.05) is 34.3 Å². The average Bonchev–Trinajstić information content (AvgIpc) is 2.77. The molecule has 2 aromatic rings. The molecule has 1 N–H and O–H groups in total. The molecular weight excluding hydrogens is 414 g/mol. The number of ketones is 1. The van der Waals surface area contributed by atoms with Crippen molar-refractivity contribution in [3.63, 3.8) is 0 Å². The minimum absolute atomic E-state index is 0.0640.